The van der Waals surface area contributed by atoms with E-state index in [1.165, 1.54) is 0 Å². The molecule has 4 heteroatoms. The van der Waals surface area contributed by atoms with Crippen molar-refractivity contribution < 1.29 is 9.90 Å². The van der Waals surface area contributed by atoms with E-state index in [-0.39, 0.29) is 24.0 Å². The van der Waals surface area contributed by atoms with Gasteiger partial charge in [0.2, 0.25) is 5.91 Å². The molecule has 1 fully saturated rings. The summed E-state index contributed by atoms with van der Waals surface area (Å²) < 4.78 is 0. The van der Waals surface area contributed by atoms with Crippen molar-refractivity contribution in [3.8, 4) is 0 Å². The van der Waals surface area contributed by atoms with Gasteiger partial charge in [0.05, 0.1) is 0 Å². The van der Waals surface area contributed by atoms with E-state index in [2.05, 4.69) is 0 Å². The van der Waals surface area contributed by atoms with Crippen LogP contribution in [0.3, 0.4) is 0 Å². The molecule has 1 heterocycles. The van der Waals surface area contributed by atoms with Crippen molar-refractivity contribution in [2.24, 2.45) is 17.1 Å². The molecular formula is C13H26N2O2. The van der Waals surface area contributed by atoms with Crippen molar-refractivity contribution in [1.29, 1.82) is 0 Å². The van der Waals surface area contributed by atoms with Crippen LogP contribution in [0.15, 0.2) is 0 Å². The zero-order valence-electron chi connectivity index (χ0n) is 11.3. The molecule has 0 radical (unpaired) electrons. The summed E-state index contributed by atoms with van der Waals surface area (Å²) in [5.41, 5.74) is 5.68. The van der Waals surface area contributed by atoms with Crippen molar-refractivity contribution in [3.63, 3.8) is 0 Å². The first-order valence-corrected chi connectivity index (χ1v) is 6.50. The zero-order chi connectivity index (χ0) is 13.1. The Kier molecular flexibility index (Phi) is 4.95. The highest BCUT2D eigenvalue weighted by Gasteiger charge is 2.33. The van der Waals surface area contributed by atoms with Crippen LogP contribution in [0.1, 0.15) is 40.0 Å². The molecule has 0 aromatic heterocycles. The van der Waals surface area contributed by atoms with Crippen molar-refractivity contribution in [1.82, 2.24) is 4.90 Å². The summed E-state index contributed by atoms with van der Waals surface area (Å²) in [6.45, 7) is 7.52. The molecule has 0 aromatic carbocycles. The Bertz CT molecular complexity index is 261. The monoisotopic (exact) mass is 242 g/mol. The van der Waals surface area contributed by atoms with Crippen LogP contribution in [0.25, 0.3) is 0 Å². The summed E-state index contributed by atoms with van der Waals surface area (Å²) >= 11 is 0. The average Bonchev–Trinajstić information content (AvgIpc) is 2.23. The van der Waals surface area contributed by atoms with Gasteiger partial charge in [0.15, 0.2) is 0 Å². The maximum absolute atomic E-state index is 12.2. The van der Waals surface area contributed by atoms with Crippen LogP contribution in [0, 0.1) is 11.3 Å². The Morgan fingerprint density at radius 3 is 2.59 bits per heavy atom. The Balaban J connectivity index is 2.59. The molecule has 17 heavy (non-hydrogen) atoms. The topological polar surface area (TPSA) is 66.6 Å². The van der Waals surface area contributed by atoms with Gasteiger partial charge in [-0.25, -0.2) is 0 Å². The Labute approximate surface area is 104 Å². The largest absolute Gasteiger partial charge is 0.396 e. The number of nitrogens with two attached hydrogens (primary N) is 1. The molecule has 0 bridgehead atoms. The number of amides is 1. The fourth-order valence-corrected chi connectivity index (χ4v) is 2.48. The van der Waals surface area contributed by atoms with Crippen LogP contribution in [0.5, 0.6) is 0 Å². The number of nitrogens with zero attached hydrogens (tertiary/aromatic N) is 1. The van der Waals surface area contributed by atoms with Gasteiger partial charge in [-0.15, -0.1) is 0 Å². The average molecular weight is 242 g/mol. The highest BCUT2D eigenvalue weighted by molar-refractivity contribution is 5.81. The summed E-state index contributed by atoms with van der Waals surface area (Å²) in [5.74, 6) is 0.624. The summed E-state index contributed by atoms with van der Waals surface area (Å²) in [5, 5.41) is 8.86. The minimum absolute atomic E-state index is 0.0822. The maximum Gasteiger partial charge on any atom is 0.228 e. The van der Waals surface area contributed by atoms with E-state index in [9.17, 15) is 4.79 Å². The van der Waals surface area contributed by atoms with Gasteiger partial charge in [0, 0.05) is 31.2 Å². The second kappa shape index (κ2) is 5.83. The Morgan fingerprint density at radius 1 is 1.41 bits per heavy atom. The predicted octanol–water partition coefficient (Wildman–Crippen LogP) is 0.981. The highest BCUT2D eigenvalue weighted by atomic mass is 16.2. The molecular weight excluding hydrogens is 216 g/mol. The number of rotatable bonds is 3. The van der Waals surface area contributed by atoms with Gasteiger partial charge in [-0.05, 0) is 25.2 Å². The number of hydrogen-bond acceptors (Lipinski definition) is 3. The lowest BCUT2D eigenvalue weighted by Gasteiger charge is -2.39. The van der Waals surface area contributed by atoms with Crippen molar-refractivity contribution in [2.75, 3.05) is 19.7 Å². The number of aliphatic hydroxyl groups is 1. The van der Waals surface area contributed by atoms with Gasteiger partial charge in [0.25, 0.3) is 0 Å². The first-order chi connectivity index (χ1) is 7.84. The van der Waals surface area contributed by atoms with Gasteiger partial charge < -0.3 is 15.7 Å². The maximum atomic E-state index is 12.2. The summed E-state index contributed by atoms with van der Waals surface area (Å²) in [6.07, 6.45) is 2.72. The van der Waals surface area contributed by atoms with Gasteiger partial charge in [-0.3, -0.25) is 4.79 Å². The lowest BCUT2D eigenvalue weighted by atomic mass is 9.88. The Morgan fingerprint density at radius 2 is 2.06 bits per heavy atom. The molecule has 0 aromatic rings. The van der Waals surface area contributed by atoms with Crippen molar-refractivity contribution in [2.45, 2.75) is 46.1 Å². The van der Waals surface area contributed by atoms with E-state index in [1.54, 1.807) is 0 Å². The minimum Gasteiger partial charge on any atom is -0.396 e. The lowest BCUT2D eigenvalue weighted by Crippen LogP contribution is -2.52. The third-order valence-corrected chi connectivity index (χ3v) is 3.27. The molecule has 4 nitrogen and oxygen atoms in total. The van der Waals surface area contributed by atoms with Crippen LogP contribution < -0.4 is 5.73 Å². The van der Waals surface area contributed by atoms with E-state index in [1.807, 2.05) is 25.7 Å². The fraction of sp³-hybridized carbons (Fsp3) is 0.923. The minimum atomic E-state index is -0.335. The summed E-state index contributed by atoms with van der Waals surface area (Å²) in [7, 11) is 0. The summed E-state index contributed by atoms with van der Waals surface area (Å²) in [4.78, 5) is 14.1. The zero-order valence-corrected chi connectivity index (χ0v) is 11.3. The number of carbonyl (C=O) groups is 1. The standard InChI is InChI=1S/C13H26N2O2/c1-13(2,3)12(17)15-8-10(5-4-6-16)7-11(14)9-15/h10-11,16H,4-9,14H2,1-3H3. The molecule has 1 rings (SSSR count). The SMILES string of the molecule is CC(C)(C)C(=O)N1CC(N)CC(CCCO)C1. The van der Waals surface area contributed by atoms with Gasteiger partial charge in [-0.1, -0.05) is 20.8 Å². The lowest BCUT2D eigenvalue weighted by molar-refractivity contribution is -0.141. The number of likely N-dealkylation sites (tertiary alicyclic amines) is 1. The third-order valence-electron chi connectivity index (χ3n) is 3.27. The normalized spacial score (nSPS) is 26.1. The molecule has 0 spiro atoms. The van der Waals surface area contributed by atoms with E-state index < -0.39 is 0 Å². The molecule has 100 valence electrons. The van der Waals surface area contributed by atoms with Gasteiger partial charge in [0.1, 0.15) is 0 Å². The third kappa shape index (κ3) is 4.28. The Hall–Kier alpha value is -0.610. The van der Waals surface area contributed by atoms with Crippen LogP contribution in [-0.2, 0) is 4.79 Å². The van der Waals surface area contributed by atoms with Crippen molar-refractivity contribution in [3.05, 3.63) is 0 Å². The molecule has 0 aliphatic carbocycles. The molecule has 1 aliphatic rings. The van der Waals surface area contributed by atoms with E-state index >= 15 is 0 Å². The van der Waals surface area contributed by atoms with Crippen LogP contribution in [0.2, 0.25) is 0 Å². The van der Waals surface area contributed by atoms with E-state index in [0.717, 1.165) is 25.8 Å². The predicted molar refractivity (Wildman–Crippen MR) is 68.4 cm³/mol. The van der Waals surface area contributed by atoms with Crippen LogP contribution >= 0.6 is 0 Å². The molecule has 2 atom stereocenters. The molecule has 0 saturated carbocycles. The quantitative estimate of drug-likeness (QED) is 0.775. The number of piperidine rings is 1. The number of carbonyl (C=O) groups excluding carboxylic acids is 1. The van der Waals surface area contributed by atoms with Crippen LogP contribution in [-0.4, -0.2) is 41.7 Å². The van der Waals surface area contributed by atoms with Crippen molar-refractivity contribution >= 4 is 5.91 Å². The molecule has 2 unspecified atom stereocenters. The highest BCUT2D eigenvalue weighted by Crippen LogP contribution is 2.25. The van der Waals surface area contributed by atoms with Gasteiger partial charge in [-0.2, -0.15) is 0 Å². The summed E-state index contributed by atoms with van der Waals surface area (Å²) in [6, 6.07) is 0.0822. The first-order valence-electron chi connectivity index (χ1n) is 6.50. The van der Waals surface area contributed by atoms with E-state index in [0.29, 0.717) is 12.5 Å². The second-order valence-electron chi connectivity index (χ2n) is 6.19. The van der Waals surface area contributed by atoms with Gasteiger partial charge >= 0.3 is 0 Å². The van der Waals surface area contributed by atoms with Crippen LogP contribution in [0.4, 0.5) is 0 Å². The molecule has 1 amide bonds. The number of aliphatic hydroxyl groups excluding tert-OH is 1. The molecule has 1 saturated heterocycles. The van der Waals surface area contributed by atoms with E-state index in [4.69, 9.17) is 10.8 Å². The fourth-order valence-electron chi connectivity index (χ4n) is 2.48. The smallest absolute Gasteiger partial charge is 0.228 e. The second-order valence-corrected chi connectivity index (χ2v) is 6.19. The molecule has 1 aliphatic heterocycles. The first kappa shape index (κ1) is 14.5. The molecule has 3 N–H and O–H groups in total. The number of hydrogen-bond donors (Lipinski definition) is 2.